The Balaban J connectivity index is 2.60. The first kappa shape index (κ1) is 15.4. The lowest BCUT2D eigenvalue weighted by atomic mass is 9.96. The molecule has 0 bridgehead atoms. The largest absolute Gasteiger partial charge is 0.369 e. The van der Waals surface area contributed by atoms with E-state index in [1.165, 1.54) is 12.8 Å². The summed E-state index contributed by atoms with van der Waals surface area (Å²) in [7, 11) is 1.60. The van der Waals surface area contributed by atoms with Gasteiger partial charge in [0.15, 0.2) is 0 Å². The van der Waals surface area contributed by atoms with Crippen LogP contribution in [0.5, 0.6) is 0 Å². The zero-order valence-corrected chi connectivity index (χ0v) is 12.3. The Hall–Kier alpha value is -0.610. The van der Waals surface area contributed by atoms with Gasteiger partial charge in [-0.3, -0.25) is 4.79 Å². The van der Waals surface area contributed by atoms with Crippen LogP contribution in [0.1, 0.15) is 40.0 Å². The molecule has 0 aromatic rings. The highest BCUT2D eigenvalue weighted by atomic mass is 16.5. The van der Waals surface area contributed by atoms with Crippen LogP contribution in [0.25, 0.3) is 0 Å². The molecular weight excluding hydrogens is 228 g/mol. The maximum atomic E-state index is 12.4. The van der Waals surface area contributed by atoms with Crippen molar-refractivity contribution in [2.45, 2.75) is 45.6 Å². The summed E-state index contributed by atoms with van der Waals surface area (Å²) in [5.74, 6) is 0.750. The van der Waals surface area contributed by atoms with E-state index in [-0.39, 0.29) is 5.91 Å². The summed E-state index contributed by atoms with van der Waals surface area (Å²) >= 11 is 0. The topological polar surface area (TPSA) is 41.6 Å². The fourth-order valence-electron chi connectivity index (χ4n) is 2.39. The third kappa shape index (κ3) is 4.25. The van der Waals surface area contributed by atoms with E-state index in [0.29, 0.717) is 5.92 Å². The van der Waals surface area contributed by atoms with E-state index in [1.807, 2.05) is 18.7 Å². The van der Waals surface area contributed by atoms with E-state index >= 15 is 0 Å². The highest BCUT2D eigenvalue weighted by molar-refractivity contribution is 5.84. The van der Waals surface area contributed by atoms with Crippen LogP contribution in [-0.2, 0) is 9.53 Å². The number of carbonyl (C=O) groups excluding carboxylic acids is 1. The molecule has 0 radical (unpaired) electrons. The number of methoxy groups -OCH3 is 1. The van der Waals surface area contributed by atoms with E-state index in [9.17, 15) is 4.79 Å². The number of hydrogen-bond acceptors (Lipinski definition) is 3. The molecule has 0 spiro atoms. The first-order valence-corrected chi connectivity index (χ1v) is 7.06. The van der Waals surface area contributed by atoms with Gasteiger partial charge in [0.2, 0.25) is 0 Å². The minimum atomic E-state index is -0.706. The number of hydrogen-bond donors (Lipinski definition) is 1. The standard InChI is InChI=1S/C14H28N2O2/c1-5-10-16(13(17)14(2,3)18-4)11-12-6-8-15-9-7-12/h12,15H,5-11H2,1-4H3. The molecular formula is C14H28N2O2. The SMILES string of the molecule is CCCN(CC1CCNCC1)C(=O)C(C)(C)OC. The molecule has 0 aromatic carbocycles. The fraction of sp³-hybridized carbons (Fsp3) is 0.929. The van der Waals surface area contributed by atoms with Gasteiger partial charge in [-0.15, -0.1) is 0 Å². The van der Waals surface area contributed by atoms with Crippen molar-refractivity contribution in [2.24, 2.45) is 5.92 Å². The highest BCUT2D eigenvalue weighted by Crippen LogP contribution is 2.18. The molecule has 18 heavy (non-hydrogen) atoms. The molecule has 106 valence electrons. The molecule has 1 N–H and O–H groups in total. The van der Waals surface area contributed by atoms with Gasteiger partial charge in [0.1, 0.15) is 5.60 Å². The van der Waals surface area contributed by atoms with Crippen LogP contribution in [0.3, 0.4) is 0 Å². The van der Waals surface area contributed by atoms with Crippen LogP contribution in [-0.4, -0.2) is 49.7 Å². The van der Waals surface area contributed by atoms with Crippen LogP contribution in [0.2, 0.25) is 0 Å². The van der Waals surface area contributed by atoms with Gasteiger partial charge in [0.05, 0.1) is 0 Å². The van der Waals surface area contributed by atoms with Gasteiger partial charge >= 0.3 is 0 Å². The molecule has 4 nitrogen and oxygen atoms in total. The first-order valence-electron chi connectivity index (χ1n) is 7.06. The van der Waals surface area contributed by atoms with E-state index < -0.39 is 5.60 Å². The number of nitrogens with one attached hydrogen (secondary N) is 1. The van der Waals surface area contributed by atoms with E-state index in [2.05, 4.69) is 12.2 Å². The summed E-state index contributed by atoms with van der Waals surface area (Å²) < 4.78 is 5.31. The maximum Gasteiger partial charge on any atom is 0.254 e. The number of piperidine rings is 1. The smallest absolute Gasteiger partial charge is 0.254 e. The molecule has 1 fully saturated rings. The lowest BCUT2D eigenvalue weighted by Crippen LogP contribution is -2.49. The molecule has 0 aliphatic carbocycles. The molecule has 1 aliphatic rings. The number of carbonyl (C=O) groups is 1. The minimum absolute atomic E-state index is 0.116. The number of ether oxygens (including phenoxy) is 1. The first-order chi connectivity index (χ1) is 8.51. The fourth-order valence-corrected chi connectivity index (χ4v) is 2.39. The summed E-state index contributed by atoms with van der Waals surface area (Å²) in [5.41, 5.74) is -0.706. The predicted molar refractivity (Wildman–Crippen MR) is 73.6 cm³/mol. The molecule has 1 saturated heterocycles. The van der Waals surface area contributed by atoms with E-state index in [0.717, 1.165) is 32.6 Å². The van der Waals surface area contributed by atoms with Crippen LogP contribution in [0.4, 0.5) is 0 Å². The normalized spacial score (nSPS) is 17.8. The zero-order chi connectivity index (χ0) is 13.6. The van der Waals surface area contributed by atoms with Crippen molar-refractivity contribution in [1.29, 1.82) is 0 Å². The molecule has 0 saturated carbocycles. The minimum Gasteiger partial charge on any atom is -0.369 e. The Morgan fingerprint density at radius 2 is 2.00 bits per heavy atom. The Morgan fingerprint density at radius 3 is 2.50 bits per heavy atom. The second-order valence-corrected chi connectivity index (χ2v) is 5.66. The summed E-state index contributed by atoms with van der Waals surface area (Å²) in [6, 6.07) is 0. The van der Waals surface area contributed by atoms with Crippen LogP contribution >= 0.6 is 0 Å². The number of rotatable bonds is 6. The molecule has 1 heterocycles. The highest BCUT2D eigenvalue weighted by Gasteiger charge is 2.32. The van der Waals surface area contributed by atoms with Gasteiger partial charge in [0.25, 0.3) is 5.91 Å². The van der Waals surface area contributed by atoms with Gasteiger partial charge in [0, 0.05) is 20.2 Å². The molecule has 0 atom stereocenters. The van der Waals surface area contributed by atoms with Crippen LogP contribution < -0.4 is 5.32 Å². The van der Waals surface area contributed by atoms with Crippen LogP contribution in [0.15, 0.2) is 0 Å². The average molecular weight is 256 g/mol. The Morgan fingerprint density at radius 1 is 1.39 bits per heavy atom. The lowest BCUT2D eigenvalue weighted by molar-refractivity contribution is -0.151. The van der Waals surface area contributed by atoms with Crippen molar-refractivity contribution in [3.8, 4) is 0 Å². The van der Waals surface area contributed by atoms with E-state index in [1.54, 1.807) is 7.11 Å². The average Bonchev–Trinajstić information content (AvgIpc) is 2.38. The van der Waals surface area contributed by atoms with E-state index in [4.69, 9.17) is 4.74 Å². The molecule has 1 rings (SSSR count). The second kappa shape index (κ2) is 7.10. The van der Waals surface area contributed by atoms with Gasteiger partial charge in [-0.25, -0.2) is 0 Å². The predicted octanol–water partition coefficient (Wildman–Crippen LogP) is 1.65. The number of nitrogens with zero attached hydrogens (tertiary/aromatic N) is 1. The van der Waals surface area contributed by atoms with Crippen molar-refractivity contribution >= 4 is 5.91 Å². The molecule has 1 amide bonds. The lowest BCUT2D eigenvalue weighted by Gasteiger charge is -2.34. The van der Waals surface area contributed by atoms with Crippen molar-refractivity contribution in [3.05, 3.63) is 0 Å². The van der Waals surface area contributed by atoms with Gasteiger partial charge in [-0.05, 0) is 52.1 Å². The summed E-state index contributed by atoms with van der Waals surface area (Å²) in [4.78, 5) is 14.4. The van der Waals surface area contributed by atoms with Crippen LogP contribution in [0, 0.1) is 5.92 Å². The maximum absolute atomic E-state index is 12.4. The molecule has 0 unspecified atom stereocenters. The summed E-state index contributed by atoms with van der Waals surface area (Å²) in [6.07, 6.45) is 3.33. The van der Waals surface area contributed by atoms with Crippen molar-refractivity contribution in [3.63, 3.8) is 0 Å². The monoisotopic (exact) mass is 256 g/mol. The second-order valence-electron chi connectivity index (χ2n) is 5.66. The zero-order valence-electron chi connectivity index (χ0n) is 12.3. The van der Waals surface area contributed by atoms with Crippen molar-refractivity contribution < 1.29 is 9.53 Å². The third-order valence-electron chi connectivity index (χ3n) is 3.74. The van der Waals surface area contributed by atoms with Gasteiger partial charge in [-0.2, -0.15) is 0 Å². The van der Waals surface area contributed by atoms with Gasteiger partial charge < -0.3 is 15.0 Å². The third-order valence-corrected chi connectivity index (χ3v) is 3.74. The number of amides is 1. The van der Waals surface area contributed by atoms with Gasteiger partial charge in [-0.1, -0.05) is 6.92 Å². The molecule has 4 heteroatoms. The Kier molecular flexibility index (Phi) is 6.09. The van der Waals surface area contributed by atoms with Crippen molar-refractivity contribution in [1.82, 2.24) is 10.2 Å². The summed E-state index contributed by atoms with van der Waals surface area (Å²) in [5, 5.41) is 3.36. The Labute approximate surface area is 111 Å². The molecule has 0 aromatic heterocycles. The summed E-state index contributed by atoms with van der Waals surface area (Å²) in [6.45, 7) is 9.67. The quantitative estimate of drug-likeness (QED) is 0.785. The molecule has 1 aliphatic heterocycles. The Bertz CT molecular complexity index is 261. The van der Waals surface area contributed by atoms with Crippen molar-refractivity contribution in [2.75, 3.05) is 33.3 Å².